The molecule has 0 bridgehead atoms. The third kappa shape index (κ3) is 64.0. The highest BCUT2D eigenvalue weighted by atomic mass is 16.6. The minimum atomic E-state index is -1.83. The summed E-state index contributed by atoms with van der Waals surface area (Å²) in [6, 6.07) is 0. The summed E-state index contributed by atoms with van der Waals surface area (Å²) in [6.45, 7) is 4.31. The lowest BCUT2D eigenvalue weighted by Crippen LogP contribution is -1.82. The molecule has 0 atom stereocenters. The van der Waals surface area contributed by atoms with Crippen molar-refractivity contribution in [1.29, 1.82) is 0 Å². The fourth-order valence-electron chi connectivity index (χ4n) is 0.201. The van der Waals surface area contributed by atoms with Crippen LogP contribution >= 0.6 is 0 Å². The third-order valence-electron chi connectivity index (χ3n) is 0.526. The number of hydrogen-bond acceptors (Lipinski definition) is 2. The Bertz CT molecular complexity index is 85.7. The molecule has 0 aromatic carbocycles. The van der Waals surface area contributed by atoms with E-state index in [2.05, 4.69) is 6.58 Å². The molecule has 0 aliphatic carbocycles. The van der Waals surface area contributed by atoms with Crippen LogP contribution in [0.2, 0.25) is 0 Å². The molecule has 4 nitrogen and oxygen atoms in total. The van der Waals surface area contributed by atoms with Crippen molar-refractivity contribution in [2.75, 3.05) is 13.7 Å². The molecule has 60 valence electrons. The Morgan fingerprint density at radius 1 is 1.70 bits per heavy atom. The fourth-order valence-corrected chi connectivity index (χ4v) is 0.201. The number of rotatable bonds is 3. The molecule has 10 heavy (non-hydrogen) atoms. The Labute approximate surface area is 59.7 Å². The summed E-state index contributed by atoms with van der Waals surface area (Å²) in [5.41, 5.74) is 0. The van der Waals surface area contributed by atoms with Gasteiger partial charge in [-0.2, -0.15) is 0 Å². The second-order valence-electron chi connectivity index (χ2n) is 1.35. The lowest BCUT2D eigenvalue weighted by atomic mass is 10.5. The van der Waals surface area contributed by atoms with Crippen molar-refractivity contribution in [3.63, 3.8) is 0 Å². The molecule has 0 aliphatic heterocycles. The highest BCUT2D eigenvalue weighted by molar-refractivity contribution is 5.53. The van der Waals surface area contributed by atoms with Gasteiger partial charge in [0.05, 0.1) is 0 Å². The molecule has 0 aromatic heterocycles. The quantitative estimate of drug-likeness (QED) is 0.469. The van der Waals surface area contributed by atoms with E-state index < -0.39 is 6.16 Å². The van der Waals surface area contributed by atoms with E-state index in [-0.39, 0.29) is 0 Å². The van der Waals surface area contributed by atoms with Gasteiger partial charge in [0.1, 0.15) is 0 Å². The number of carboxylic acid groups (broad SMARTS) is 2. The van der Waals surface area contributed by atoms with Gasteiger partial charge in [-0.15, -0.1) is 6.58 Å². The maximum atomic E-state index is 8.56. The first-order valence-electron chi connectivity index (χ1n) is 2.66. The van der Waals surface area contributed by atoms with Gasteiger partial charge in [0.25, 0.3) is 0 Å². The van der Waals surface area contributed by atoms with Gasteiger partial charge >= 0.3 is 6.16 Å². The van der Waals surface area contributed by atoms with E-state index in [1.807, 2.05) is 6.08 Å². The Kier molecular flexibility index (Phi) is 12.7. The second-order valence-corrected chi connectivity index (χ2v) is 1.35. The van der Waals surface area contributed by atoms with E-state index in [1.165, 1.54) is 0 Å². The molecule has 0 rings (SSSR count). The summed E-state index contributed by atoms with van der Waals surface area (Å²) < 4.78 is 4.71. The third-order valence-corrected chi connectivity index (χ3v) is 0.526. The van der Waals surface area contributed by atoms with Crippen molar-refractivity contribution < 1.29 is 19.7 Å². The fraction of sp³-hybridized carbons (Fsp3) is 0.500. The summed E-state index contributed by atoms with van der Waals surface area (Å²) in [5.74, 6) is 0. The molecule has 0 unspecified atom stereocenters. The predicted octanol–water partition coefficient (Wildman–Crippen LogP) is 1.43. The van der Waals surface area contributed by atoms with Crippen molar-refractivity contribution in [2.24, 2.45) is 0 Å². The zero-order chi connectivity index (χ0) is 8.41. The Morgan fingerprint density at radius 2 is 2.10 bits per heavy atom. The van der Waals surface area contributed by atoms with E-state index in [1.54, 1.807) is 7.11 Å². The monoisotopic (exact) mass is 148 g/mol. The predicted molar refractivity (Wildman–Crippen MR) is 37.3 cm³/mol. The molecular weight excluding hydrogens is 136 g/mol. The van der Waals surface area contributed by atoms with Crippen LogP contribution in [-0.4, -0.2) is 30.1 Å². The van der Waals surface area contributed by atoms with Gasteiger partial charge in [-0.1, -0.05) is 6.08 Å². The van der Waals surface area contributed by atoms with Crippen LogP contribution in [0.15, 0.2) is 12.7 Å². The molecule has 0 aromatic rings. The number of hydrogen-bond donors (Lipinski definition) is 2. The average Bonchev–Trinajstić information content (AvgIpc) is 1.82. The standard InChI is InChI=1S/C5H10O.CH2O3/c1-3-4-5-6-2;2-1(3)4/h3H,1,4-5H2,2H3;(H2,2,3,4). The van der Waals surface area contributed by atoms with Crippen LogP contribution < -0.4 is 0 Å². The van der Waals surface area contributed by atoms with E-state index in [0.29, 0.717) is 0 Å². The molecule has 0 aliphatic rings. The van der Waals surface area contributed by atoms with Gasteiger partial charge in [0.2, 0.25) is 0 Å². The van der Waals surface area contributed by atoms with Gasteiger partial charge in [-0.25, -0.2) is 4.79 Å². The highest BCUT2D eigenvalue weighted by Gasteiger charge is 1.70. The van der Waals surface area contributed by atoms with Crippen LogP contribution in [0.4, 0.5) is 4.79 Å². The van der Waals surface area contributed by atoms with Crippen molar-refractivity contribution in [1.82, 2.24) is 0 Å². The molecule has 0 heterocycles. The molecule has 0 saturated carbocycles. The van der Waals surface area contributed by atoms with Crippen LogP contribution in [0.25, 0.3) is 0 Å². The SMILES string of the molecule is C=CCCOC.O=C(O)O. The maximum Gasteiger partial charge on any atom is 0.503 e. The zero-order valence-electron chi connectivity index (χ0n) is 5.91. The van der Waals surface area contributed by atoms with Crippen molar-refractivity contribution in [3.8, 4) is 0 Å². The summed E-state index contributed by atoms with van der Waals surface area (Å²) in [4.78, 5) is 8.56. The van der Waals surface area contributed by atoms with Gasteiger partial charge in [-0.3, -0.25) is 0 Å². The molecular formula is C6H12O4. The minimum Gasteiger partial charge on any atom is -0.450 e. The van der Waals surface area contributed by atoms with Crippen LogP contribution in [0, 0.1) is 0 Å². The van der Waals surface area contributed by atoms with Crippen molar-refractivity contribution >= 4 is 6.16 Å². The first kappa shape index (κ1) is 11.7. The number of methoxy groups -OCH3 is 1. The van der Waals surface area contributed by atoms with Crippen LogP contribution in [0.3, 0.4) is 0 Å². The number of carbonyl (C=O) groups is 1. The molecule has 0 radical (unpaired) electrons. The normalized spacial score (nSPS) is 7.30. The minimum absolute atomic E-state index is 0.795. The highest BCUT2D eigenvalue weighted by Crippen LogP contribution is 1.76. The Morgan fingerprint density at radius 3 is 2.20 bits per heavy atom. The largest absolute Gasteiger partial charge is 0.503 e. The van der Waals surface area contributed by atoms with Crippen LogP contribution in [0.5, 0.6) is 0 Å². The maximum absolute atomic E-state index is 8.56. The summed E-state index contributed by atoms with van der Waals surface area (Å²) in [6.07, 6.45) is 0.958. The average molecular weight is 148 g/mol. The van der Waals surface area contributed by atoms with E-state index in [4.69, 9.17) is 19.7 Å². The molecule has 2 N–H and O–H groups in total. The van der Waals surface area contributed by atoms with Crippen LogP contribution in [0.1, 0.15) is 6.42 Å². The van der Waals surface area contributed by atoms with E-state index >= 15 is 0 Å². The first-order valence-corrected chi connectivity index (χ1v) is 2.66. The molecule has 0 amide bonds. The van der Waals surface area contributed by atoms with Gasteiger partial charge in [-0.05, 0) is 6.42 Å². The molecule has 4 heteroatoms. The Hall–Kier alpha value is -1.03. The van der Waals surface area contributed by atoms with Crippen molar-refractivity contribution in [3.05, 3.63) is 12.7 Å². The topological polar surface area (TPSA) is 66.8 Å². The van der Waals surface area contributed by atoms with Gasteiger partial charge in [0, 0.05) is 13.7 Å². The second kappa shape index (κ2) is 10.9. The van der Waals surface area contributed by atoms with Gasteiger partial charge in [0.15, 0.2) is 0 Å². The number of ether oxygens (including phenoxy) is 1. The molecule has 0 saturated heterocycles. The summed E-state index contributed by atoms with van der Waals surface area (Å²) >= 11 is 0. The van der Waals surface area contributed by atoms with Crippen LogP contribution in [-0.2, 0) is 4.74 Å². The first-order chi connectivity index (χ1) is 4.65. The Balaban J connectivity index is 0. The van der Waals surface area contributed by atoms with Crippen molar-refractivity contribution in [2.45, 2.75) is 6.42 Å². The lowest BCUT2D eigenvalue weighted by Gasteiger charge is -1.86. The summed E-state index contributed by atoms with van der Waals surface area (Å²) in [7, 11) is 1.68. The molecule has 0 fully saturated rings. The smallest absolute Gasteiger partial charge is 0.450 e. The summed E-state index contributed by atoms with van der Waals surface area (Å²) in [5, 5.41) is 13.9. The van der Waals surface area contributed by atoms with E-state index in [0.717, 1.165) is 13.0 Å². The lowest BCUT2D eigenvalue weighted by molar-refractivity contribution is 0.137. The van der Waals surface area contributed by atoms with E-state index in [9.17, 15) is 0 Å². The molecule has 0 spiro atoms. The van der Waals surface area contributed by atoms with Gasteiger partial charge < -0.3 is 14.9 Å². The zero-order valence-corrected chi connectivity index (χ0v) is 5.91.